The van der Waals surface area contributed by atoms with Gasteiger partial charge in [-0.15, -0.1) is 0 Å². The van der Waals surface area contributed by atoms with Gasteiger partial charge in [0, 0.05) is 0 Å². The van der Waals surface area contributed by atoms with Crippen LogP contribution in [-0.2, 0) is 10.2 Å². The molecule has 0 heterocycles. The fourth-order valence-electron chi connectivity index (χ4n) is 3.23. The summed E-state index contributed by atoms with van der Waals surface area (Å²) in [7, 11) is 0. The molecule has 1 aliphatic carbocycles. The van der Waals surface area contributed by atoms with Crippen LogP contribution in [0, 0.1) is 0 Å². The van der Waals surface area contributed by atoms with E-state index in [-0.39, 0.29) is 17.4 Å². The summed E-state index contributed by atoms with van der Waals surface area (Å²) >= 11 is 0. The van der Waals surface area contributed by atoms with Gasteiger partial charge in [-0.25, -0.2) is 0 Å². The van der Waals surface area contributed by atoms with E-state index in [1.54, 1.807) is 0 Å². The van der Waals surface area contributed by atoms with Gasteiger partial charge < -0.3 is 11.1 Å². The van der Waals surface area contributed by atoms with E-state index in [2.05, 4.69) is 37.4 Å². The summed E-state index contributed by atoms with van der Waals surface area (Å²) in [6.07, 6.45) is 2.55. The molecule has 20 heavy (non-hydrogen) atoms. The molecule has 2 atom stereocenters. The highest BCUT2D eigenvalue weighted by Crippen LogP contribution is 2.44. The second kappa shape index (κ2) is 5.21. The first-order valence-corrected chi connectivity index (χ1v) is 7.47. The summed E-state index contributed by atoms with van der Waals surface area (Å²) in [6.45, 7) is 8.32. The number of fused-ring (bicyclic) bond motifs is 1. The highest BCUT2D eigenvalue weighted by molar-refractivity contribution is 5.86. The Morgan fingerprint density at radius 1 is 1.45 bits per heavy atom. The van der Waals surface area contributed by atoms with E-state index >= 15 is 0 Å². The van der Waals surface area contributed by atoms with E-state index in [9.17, 15) is 4.79 Å². The van der Waals surface area contributed by atoms with Gasteiger partial charge in [-0.1, -0.05) is 51.5 Å². The van der Waals surface area contributed by atoms with Gasteiger partial charge >= 0.3 is 0 Å². The van der Waals surface area contributed by atoms with Crippen LogP contribution in [0.4, 0.5) is 0 Å². The Kier molecular flexibility index (Phi) is 3.92. The molecule has 3 nitrogen and oxygen atoms in total. The van der Waals surface area contributed by atoms with E-state index < -0.39 is 5.54 Å². The van der Waals surface area contributed by atoms with Crippen LogP contribution in [0.15, 0.2) is 24.3 Å². The summed E-state index contributed by atoms with van der Waals surface area (Å²) in [6, 6.07) is 8.45. The molecule has 3 heteroatoms. The van der Waals surface area contributed by atoms with Crippen LogP contribution in [-0.4, -0.2) is 11.4 Å². The predicted molar refractivity (Wildman–Crippen MR) is 82.5 cm³/mol. The second-order valence-corrected chi connectivity index (χ2v) is 6.87. The van der Waals surface area contributed by atoms with E-state index in [4.69, 9.17) is 5.73 Å². The molecule has 0 aromatic heterocycles. The van der Waals surface area contributed by atoms with Crippen LogP contribution < -0.4 is 11.1 Å². The van der Waals surface area contributed by atoms with E-state index in [1.165, 1.54) is 11.1 Å². The Labute approximate surface area is 121 Å². The van der Waals surface area contributed by atoms with E-state index in [1.807, 2.05) is 19.9 Å². The third kappa shape index (κ3) is 2.73. The molecule has 0 bridgehead atoms. The maximum atomic E-state index is 12.4. The summed E-state index contributed by atoms with van der Waals surface area (Å²) in [5.74, 6) is -0.0446. The number of nitrogens with two attached hydrogens (primary N) is 1. The molecule has 0 spiro atoms. The number of nitrogens with one attached hydrogen (secondary N) is 1. The summed E-state index contributed by atoms with van der Waals surface area (Å²) in [4.78, 5) is 12.4. The van der Waals surface area contributed by atoms with Crippen molar-refractivity contribution in [3.63, 3.8) is 0 Å². The van der Waals surface area contributed by atoms with Crippen molar-refractivity contribution in [2.24, 2.45) is 5.73 Å². The fraction of sp³-hybridized carbons (Fsp3) is 0.588. The topological polar surface area (TPSA) is 55.1 Å². The highest BCUT2D eigenvalue weighted by atomic mass is 16.2. The summed E-state index contributed by atoms with van der Waals surface area (Å²) < 4.78 is 0. The molecule has 1 aliphatic rings. The van der Waals surface area contributed by atoms with Gasteiger partial charge in [0.15, 0.2) is 0 Å². The molecule has 0 aliphatic heterocycles. The largest absolute Gasteiger partial charge is 0.348 e. The van der Waals surface area contributed by atoms with Crippen molar-refractivity contribution in [3.05, 3.63) is 35.4 Å². The minimum absolute atomic E-state index is 0.0446. The molecular weight excluding hydrogens is 248 g/mol. The van der Waals surface area contributed by atoms with E-state index in [0.717, 1.165) is 12.8 Å². The zero-order chi connectivity index (χ0) is 15.0. The van der Waals surface area contributed by atoms with Crippen molar-refractivity contribution >= 4 is 5.91 Å². The molecule has 1 aromatic carbocycles. The van der Waals surface area contributed by atoms with Gasteiger partial charge in [0.2, 0.25) is 5.91 Å². The number of carbonyl (C=O) groups is 1. The number of amides is 1. The zero-order valence-corrected chi connectivity index (χ0v) is 13.0. The molecule has 1 amide bonds. The Bertz CT molecular complexity index is 505. The van der Waals surface area contributed by atoms with Gasteiger partial charge in [-0.3, -0.25) is 4.79 Å². The van der Waals surface area contributed by atoms with Gasteiger partial charge in [0.05, 0.1) is 11.6 Å². The fourth-order valence-corrected chi connectivity index (χ4v) is 3.23. The zero-order valence-electron chi connectivity index (χ0n) is 13.0. The summed E-state index contributed by atoms with van der Waals surface area (Å²) in [5.41, 5.74) is 8.01. The van der Waals surface area contributed by atoms with Crippen LogP contribution in [0.1, 0.15) is 64.1 Å². The first-order valence-electron chi connectivity index (χ1n) is 7.47. The van der Waals surface area contributed by atoms with Gasteiger partial charge in [-0.2, -0.15) is 0 Å². The monoisotopic (exact) mass is 274 g/mol. The lowest BCUT2D eigenvalue weighted by atomic mass is 9.86. The lowest BCUT2D eigenvalue weighted by Gasteiger charge is -2.26. The maximum absolute atomic E-state index is 12.4. The Morgan fingerprint density at radius 3 is 2.75 bits per heavy atom. The number of carbonyl (C=O) groups excluding carboxylic acids is 1. The van der Waals surface area contributed by atoms with Crippen LogP contribution >= 0.6 is 0 Å². The molecule has 0 saturated heterocycles. The van der Waals surface area contributed by atoms with Crippen molar-refractivity contribution in [3.8, 4) is 0 Å². The molecule has 3 N–H and O–H groups in total. The third-order valence-corrected chi connectivity index (χ3v) is 4.37. The predicted octanol–water partition coefficient (Wildman–Crippen LogP) is 3.04. The lowest BCUT2D eigenvalue weighted by molar-refractivity contribution is -0.126. The van der Waals surface area contributed by atoms with Crippen molar-refractivity contribution in [1.82, 2.24) is 5.32 Å². The minimum Gasteiger partial charge on any atom is -0.348 e. The first kappa shape index (κ1) is 15.0. The SMILES string of the molecule is CCCC(C)(N)C(=O)NC1CC(C)(C)c2ccccc21. The van der Waals surface area contributed by atoms with Crippen LogP contribution in [0.2, 0.25) is 0 Å². The lowest BCUT2D eigenvalue weighted by Crippen LogP contribution is -2.52. The van der Waals surface area contributed by atoms with Crippen molar-refractivity contribution in [1.29, 1.82) is 0 Å². The average Bonchev–Trinajstić information content (AvgIpc) is 2.62. The van der Waals surface area contributed by atoms with Gasteiger partial charge in [-0.05, 0) is 36.3 Å². The normalized spacial score (nSPS) is 22.9. The van der Waals surface area contributed by atoms with Crippen LogP contribution in [0.5, 0.6) is 0 Å². The molecule has 0 saturated carbocycles. The smallest absolute Gasteiger partial charge is 0.240 e. The maximum Gasteiger partial charge on any atom is 0.240 e. The second-order valence-electron chi connectivity index (χ2n) is 6.87. The molecule has 0 radical (unpaired) electrons. The quantitative estimate of drug-likeness (QED) is 0.886. The Morgan fingerprint density at radius 2 is 2.10 bits per heavy atom. The Balaban J connectivity index is 2.19. The van der Waals surface area contributed by atoms with Crippen molar-refractivity contribution in [2.75, 3.05) is 0 Å². The number of benzene rings is 1. The number of hydrogen-bond acceptors (Lipinski definition) is 2. The Hall–Kier alpha value is -1.35. The summed E-state index contributed by atoms with van der Waals surface area (Å²) in [5, 5.41) is 3.15. The van der Waals surface area contributed by atoms with Crippen molar-refractivity contribution in [2.45, 2.75) is 64.0 Å². The molecule has 2 rings (SSSR count). The van der Waals surface area contributed by atoms with Crippen molar-refractivity contribution < 1.29 is 4.79 Å². The van der Waals surface area contributed by atoms with Crippen LogP contribution in [0.25, 0.3) is 0 Å². The van der Waals surface area contributed by atoms with E-state index in [0.29, 0.717) is 6.42 Å². The molecular formula is C17H26N2O. The third-order valence-electron chi connectivity index (χ3n) is 4.37. The molecule has 1 aromatic rings. The minimum atomic E-state index is -0.781. The number of rotatable bonds is 4. The number of hydrogen-bond donors (Lipinski definition) is 2. The highest BCUT2D eigenvalue weighted by Gasteiger charge is 2.39. The van der Waals surface area contributed by atoms with Gasteiger partial charge in [0.1, 0.15) is 0 Å². The molecule has 2 unspecified atom stereocenters. The molecule has 0 fully saturated rings. The van der Waals surface area contributed by atoms with Gasteiger partial charge in [0.25, 0.3) is 0 Å². The van der Waals surface area contributed by atoms with Crippen LogP contribution in [0.3, 0.4) is 0 Å². The average molecular weight is 274 g/mol. The standard InChI is InChI=1S/C17H26N2O/c1-5-10-17(4,18)15(20)19-14-11-16(2,3)13-9-7-6-8-12(13)14/h6-9,14H,5,10-11,18H2,1-4H3,(H,19,20). The molecule has 110 valence electrons. The first-order chi connectivity index (χ1) is 9.28.